The van der Waals surface area contributed by atoms with Gasteiger partial charge >= 0.3 is 0 Å². The first-order valence-corrected chi connectivity index (χ1v) is 12.2. The van der Waals surface area contributed by atoms with Gasteiger partial charge in [-0.2, -0.15) is 0 Å². The van der Waals surface area contributed by atoms with Crippen LogP contribution in [0.25, 0.3) is 0 Å². The van der Waals surface area contributed by atoms with Gasteiger partial charge in [0.2, 0.25) is 15.9 Å². The molecule has 1 aliphatic rings. The molecule has 0 saturated carbocycles. The largest absolute Gasteiger partial charge is 0.349 e. The van der Waals surface area contributed by atoms with Gasteiger partial charge in [0.15, 0.2) is 0 Å². The SMILES string of the molecule is Cc1ccc(C(C)NC(=O)C2CCCN(S(=O)(=O)Cc3ccc(Cl)cc3)C2)c(C)c1. The lowest BCUT2D eigenvalue weighted by atomic mass is 9.96. The van der Waals surface area contributed by atoms with Gasteiger partial charge in [0.1, 0.15) is 0 Å². The zero-order valence-corrected chi connectivity index (χ0v) is 19.3. The van der Waals surface area contributed by atoms with E-state index in [-0.39, 0.29) is 30.2 Å². The first-order chi connectivity index (χ1) is 14.2. The van der Waals surface area contributed by atoms with Gasteiger partial charge in [-0.15, -0.1) is 0 Å². The summed E-state index contributed by atoms with van der Waals surface area (Å²) in [6, 6.07) is 12.9. The molecule has 1 heterocycles. The summed E-state index contributed by atoms with van der Waals surface area (Å²) < 4.78 is 27.2. The van der Waals surface area contributed by atoms with Crippen LogP contribution in [0.2, 0.25) is 5.02 Å². The number of rotatable bonds is 6. The molecule has 2 aromatic rings. The van der Waals surface area contributed by atoms with Crippen LogP contribution >= 0.6 is 11.6 Å². The highest BCUT2D eigenvalue weighted by Gasteiger charge is 2.33. The summed E-state index contributed by atoms with van der Waals surface area (Å²) in [4.78, 5) is 12.9. The number of piperidine rings is 1. The van der Waals surface area contributed by atoms with E-state index in [0.29, 0.717) is 30.0 Å². The summed E-state index contributed by atoms with van der Waals surface area (Å²) in [5.41, 5.74) is 4.09. The third-order valence-corrected chi connectivity index (χ3v) is 7.73. The number of halogens is 1. The van der Waals surface area contributed by atoms with Gasteiger partial charge < -0.3 is 5.32 Å². The molecule has 3 rings (SSSR count). The number of hydrogen-bond donors (Lipinski definition) is 1. The Morgan fingerprint density at radius 1 is 1.20 bits per heavy atom. The standard InChI is InChI=1S/C23H29ClN2O3S/c1-16-6-11-22(17(2)13-16)18(3)25-23(27)20-5-4-12-26(14-20)30(28,29)15-19-7-9-21(24)10-8-19/h6-11,13,18,20H,4-5,12,14-15H2,1-3H3,(H,25,27). The molecule has 1 saturated heterocycles. The van der Waals surface area contributed by atoms with E-state index in [2.05, 4.69) is 11.4 Å². The second kappa shape index (κ2) is 9.50. The number of amides is 1. The van der Waals surface area contributed by atoms with Crippen molar-refractivity contribution in [2.75, 3.05) is 13.1 Å². The van der Waals surface area contributed by atoms with Crippen LogP contribution in [-0.4, -0.2) is 31.7 Å². The maximum Gasteiger partial charge on any atom is 0.224 e. The molecule has 1 N–H and O–H groups in total. The fourth-order valence-corrected chi connectivity index (χ4v) is 5.75. The first-order valence-electron chi connectivity index (χ1n) is 10.3. The molecule has 2 atom stereocenters. The molecule has 30 heavy (non-hydrogen) atoms. The number of nitrogens with one attached hydrogen (secondary N) is 1. The van der Waals surface area contributed by atoms with Crippen LogP contribution in [0.5, 0.6) is 0 Å². The van der Waals surface area contributed by atoms with Crippen LogP contribution in [0, 0.1) is 19.8 Å². The number of nitrogens with zero attached hydrogens (tertiary/aromatic N) is 1. The molecule has 7 heteroatoms. The minimum Gasteiger partial charge on any atom is -0.349 e. The van der Waals surface area contributed by atoms with Crippen LogP contribution < -0.4 is 5.32 Å². The van der Waals surface area contributed by atoms with Gasteiger partial charge in [-0.05, 0) is 62.4 Å². The Labute approximate surface area is 184 Å². The summed E-state index contributed by atoms with van der Waals surface area (Å²) in [5, 5.41) is 3.65. The fraction of sp³-hybridized carbons (Fsp3) is 0.435. The lowest BCUT2D eigenvalue weighted by Crippen LogP contribution is -2.46. The molecule has 1 amide bonds. The number of carbonyl (C=O) groups excluding carboxylic acids is 1. The number of sulfonamides is 1. The minimum atomic E-state index is -3.50. The first kappa shape index (κ1) is 22.8. The molecule has 5 nitrogen and oxygen atoms in total. The Kier molecular flexibility index (Phi) is 7.22. The molecular weight excluding hydrogens is 420 g/mol. The molecule has 0 aliphatic carbocycles. The van der Waals surface area contributed by atoms with Crippen molar-refractivity contribution in [3.05, 3.63) is 69.7 Å². The Morgan fingerprint density at radius 2 is 1.90 bits per heavy atom. The lowest BCUT2D eigenvalue weighted by molar-refractivity contribution is -0.126. The van der Waals surface area contributed by atoms with Crippen molar-refractivity contribution in [3.8, 4) is 0 Å². The molecule has 0 aromatic heterocycles. The predicted octanol–water partition coefficient (Wildman–Crippen LogP) is 4.38. The van der Waals surface area contributed by atoms with Crippen molar-refractivity contribution >= 4 is 27.5 Å². The summed E-state index contributed by atoms with van der Waals surface area (Å²) in [5.74, 6) is -0.516. The Morgan fingerprint density at radius 3 is 2.57 bits per heavy atom. The van der Waals surface area contributed by atoms with E-state index in [9.17, 15) is 13.2 Å². The Balaban J connectivity index is 1.64. The van der Waals surface area contributed by atoms with Gasteiger partial charge in [-0.25, -0.2) is 12.7 Å². The Bertz CT molecular complexity index is 1010. The number of carbonyl (C=O) groups is 1. The molecule has 2 aromatic carbocycles. The van der Waals surface area contributed by atoms with Crippen molar-refractivity contribution in [2.24, 2.45) is 5.92 Å². The molecular formula is C23H29ClN2O3S. The van der Waals surface area contributed by atoms with Crippen LogP contribution in [0.1, 0.15) is 48.1 Å². The average molecular weight is 449 g/mol. The van der Waals surface area contributed by atoms with E-state index in [1.807, 2.05) is 32.9 Å². The lowest BCUT2D eigenvalue weighted by Gasteiger charge is -2.32. The predicted molar refractivity (Wildman–Crippen MR) is 121 cm³/mol. The van der Waals surface area contributed by atoms with E-state index in [0.717, 1.165) is 11.1 Å². The van der Waals surface area contributed by atoms with Crippen LogP contribution in [-0.2, 0) is 20.6 Å². The average Bonchev–Trinajstić information content (AvgIpc) is 2.69. The molecule has 2 unspecified atom stereocenters. The molecule has 1 aliphatic heterocycles. The number of hydrogen-bond acceptors (Lipinski definition) is 3. The van der Waals surface area contributed by atoms with Crippen molar-refractivity contribution in [3.63, 3.8) is 0 Å². The topological polar surface area (TPSA) is 66.5 Å². The van der Waals surface area contributed by atoms with Crippen molar-refractivity contribution in [1.29, 1.82) is 0 Å². The van der Waals surface area contributed by atoms with E-state index in [4.69, 9.17) is 11.6 Å². The van der Waals surface area contributed by atoms with Crippen molar-refractivity contribution in [1.82, 2.24) is 9.62 Å². The summed E-state index contributed by atoms with van der Waals surface area (Å²) in [6.45, 7) is 6.72. The zero-order chi connectivity index (χ0) is 21.9. The van der Waals surface area contributed by atoms with E-state index < -0.39 is 10.0 Å². The third kappa shape index (κ3) is 5.62. The van der Waals surface area contributed by atoms with Crippen LogP contribution in [0.15, 0.2) is 42.5 Å². The summed E-state index contributed by atoms with van der Waals surface area (Å²) in [6.07, 6.45) is 1.37. The Hall–Kier alpha value is -1.89. The van der Waals surface area contributed by atoms with Crippen LogP contribution in [0.3, 0.4) is 0 Å². The van der Waals surface area contributed by atoms with Crippen molar-refractivity contribution < 1.29 is 13.2 Å². The highest BCUT2D eigenvalue weighted by atomic mass is 35.5. The molecule has 1 fully saturated rings. The quantitative estimate of drug-likeness (QED) is 0.713. The van der Waals surface area contributed by atoms with Gasteiger partial charge in [0.25, 0.3) is 0 Å². The van der Waals surface area contributed by atoms with Gasteiger partial charge in [-0.3, -0.25) is 4.79 Å². The third-order valence-electron chi connectivity index (χ3n) is 5.66. The van der Waals surface area contributed by atoms with Gasteiger partial charge in [0.05, 0.1) is 17.7 Å². The fourth-order valence-electron chi connectivity index (χ4n) is 4.01. The van der Waals surface area contributed by atoms with Crippen LogP contribution in [0.4, 0.5) is 0 Å². The number of aryl methyl sites for hydroxylation is 2. The van der Waals surface area contributed by atoms with E-state index in [1.54, 1.807) is 24.3 Å². The molecule has 0 spiro atoms. The second-order valence-corrected chi connectivity index (χ2v) is 10.6. The molecule has 162 valence electrons. The minimum absolute atomic E-state index is 0.0858. The highest BCUT2D eigenvalue weighted by molar-refractivity contribution is 7.88. The maximum atomic E-state index is 12.9. The molecule has 0 bridgehead atoms. The smallest absolute Gasteiger partial charge is 0.224 e. The summed E-state index contributed by atoms with van der Waals surface area (Å²) >= 11 is 5.88. The second-order valence-electron chi connectivity index (χ2n) is 8.17. The zero-order valence-electron chi connectivity index (χ0n) is 17.7. The highest BCUT2D eigenvalue weighted by Crippen LogP contribution is 2.24. The monoisotopic (exact) mass is 448 g/mol. The van der Waals surface area contributed by atoms with Gasteiger partial charge in [-0.1, -0.05) is 47.5 Å². The maximum absolute atomic E-state index is 12.9. The normalized spacial score (nSPS) is 18.7. The summed E-state index contributed by atoms with van der Waals surface area (Å²) in [7, 11) is -3.50. The number of benzene rings is 2. The van der Waals surface area contributed by atoms with Crippen molar-refractivity contribution in [2.45, 2.75) is 45.4 Å². The van der Waals surface area contributed by atoms with E-state index >= 15 is 0 Å². The van der Waals surface area contributed by atoms with Gasteiger partial charge in [0, 0.05) is 18.1 Å². The van der Waals surface area contributed by atoms with E-state index in [1.165, 1.54) is 9.87 Å². The molecule has 0 radical (unpaired) electrons.